The van der Waals surface area contributed by atoms with E-state index < -0.39 is 24.5 Å². The molecular weight excluding hydrogens is 964 g/mol. The van der Waals surface area contributed by atoms with Gasteiger partial charge < -0.3 is 25.2 Å². The molecule has 0 saturated carbocycles. The molecule has 3 aromatic heterocycles. The first-order valence-electron chi connectivity index (χ1n) is 24.0. The number of para-hydroxylation sites is 2. The first-order valence-corrected chi connectivity index (χ1v) is 27.4. The third-order valence-corrected chi connectivity index (χ3v) is 18.2. The van der Waals surface area contributed by atoms with E-state index in [0.717, 1.165) is 126 Å². The minimum atomic E-state index is -1.81. The van der Waals surface area contributed by atoms with E-state index in [0.29, 0.717) is 0 Å². The quantitative estimate of drug-likeness (QED) is 0.162. The average Bonchev–Trinajstić information content (AvgIpc) is 3.82. The van der Waals surface area contributed by atoms with Crippen molar-refractivity contribution >= 4 is 150 Å². The van der Waals surface area contributed by atoms with Crippen LogP contribution >= 0.6 is 24.5 Å². The number of benzene rings is 11. The predicted octanol–water partition coefficient (Wildman–Crippen LogP) is 19.8. The Hall–Kier alpha value is -8.44. The molecule has 0 amide bonds. The first-order chi connectivity index (χ1) is 35.9. The van der Waals surface area contributed by atoms with Gasteiger partial charge >= 0.3 is 24.5 Å². The predicted molar refractivity (Wildman–Crippen MR) is 307 cm³/mol. The third-order valence-electron chi connectivity index (χ3n) is 13.9. The molecule has 11 aromatic carbocycles. The smallest absolute Gasteiger partial charge is 0.341 e. The molecule has 73 heavy (non-hydrogen) atoms. The van der Waals surface area contributed by atoms with E-state index >= 15 is 0 Å². The van der Waals surface area contributed by atoms with Crippen LogP contribution in [0.2, 0.25) is 0 Å². The summed E-state index contributed by atoms with van der Waals surface area (Å²) in [5, 5.41) is 14.9. The SMILES string of the molecule is CN(c1cc(N(C)p2oc3ccc4ccccc4c3c3c(ccc4ccccc43)o2)cc(N(C)p2oc3ccc4ccccc4c3c3c(ccc4ccccc43)o2)c1)p1oc2ccccc2c2ccccc2o1. The molecule has 12 heteroatoms. The Morgan fingerprint density at radius 3 is 0.767 bits per heavy atom. The Kier molecular flexibility index (Phi) is 10.3. The van der Waals surface area contributed by atoms with Gasteiger partial charge in [0.05, 0.1) is 17.1 Å². The molecule has 14 rings (SSSR count). The van der Waals surface area contributed by atoms with Gasteiger partial charge in [-0.15, -0.1) is 0 Å². The highest BCUT2D eigenvalue weighted by Gasteiger charge is 2.23. The van der Waals surface area contributed by atoms with Gasteiger partial charge in [-0.3, -0.25) is 14.0 Å². The maximum atomic E-state index is 7.16. The van der Waals surface area contributed by atoms with Gasteiger partial charge in [-0.05, 0) is 97.7 Å². The highest BCUT2D eigenvalue weighted by molar-refractivity contribution is 7.40. The van der Waals surface area contributed by atoms with Gasteiger partial charge in [0.15, 0.2) is 0 Å². The summed E-state index contributed by atoms with van der Waals surface area (Å²) in [5.74, 6) is 0. The molecule has 14 aromatic rings. The van der Waals surface area contributed by atoms with Crippen molar-refractivity contribution in [3.05, 3.63) is 212 Å². The van der Waals surface area contributed by atoms with Gasteiger partial charge in [0.2, 0.25) is 0 Å². The van der Waals surface area contributed by atoms with Crippen LogP contribution in [0.4, 0.5) is 17.1 Å². The third kappa shape index (κ3) is 7.31. The zero-order chi connectivity index (χ0) is 48.7. The lowest BCUT2D eigenvalue weighted by atomic mass is 9.99. The van der Waals surface area contributed by atoms with Crippen LogP contribution in [-0.2, 0) is 0 Å². The summed E-state index contributed by atoms with van der Waals surface area (Å²) in [6, 6.07) is 73.3. The minimum absolute atomic E-state index is 0.748. The Morgan fingerprint density at radius 2 is 0.479 bits per heavy atom. The number of hydrogen-bond donors (Lipinski definition) is 0. The summed E-state index contributed by atoms with van der Waals surface area (Å²) in [6.07, 6.45) is 0. The van der Waals surface area contributed by atoms with Crippen molar-refractivity contribution < 1.29 is 25.2 Å². The van der Waals surface area contributed by atoms with Crippen molar-refractivity contribution in [2.45, 2.75) is 0 Å². The van der Waals surface area contributed by atoms with Crippen LogP contribution < -0.4 is 14.0 Å². The van der Waals surface area contributed by atoms with Gasteiger partial charge in [0.1, 0.15) is 33.5 Å². The molecule has 0 aliphatic heterocycles. The topological polar surface area (TPSA) is 88.6 Å². The van der Waals surface area contributed by atoms with E-state index in [-0.39, 0.29) is 0 Å². The molecular formula is C61H44N3O6P3. The fourth-order valence-electron chi connectivity index (χ4n) is 10.2. The summed E-state index contributed by atoms with van der Waals surface area (Å²) in [5.41, 5.74) is 6.99. The van der Waals surface area contributed by atoms with Gasteiger partial charge in [-0.2, -0.15) is 0 Å². The molecule has 9 nitrogen and oxygen atoms in total. The monoisotopic (exact) mass is 1010 g/mol. The molecule has 0 unspecified atom stereocenters. The largest absolute Gasteiger partial charge is 0.404 e. The van der Waals surface area contributed by atoms with Crippen molar-refractivity contribution in [2.75, 3.05) is 35.2 Å². The second-order valence-electron chi connectivity index (χ2n) is 18.2. The van der Waals surface area contributed by atoms with Crippen LogP contribution in [0.25, 0.3) is 109 Å². The van der Waals surface area contributed by atoms with Crippen LogP contribution in [0.3, 0.4) is 0 Å². The summed E-state index contributed by atoms with van der Waals surface area (Å²) < 4.78 is 48.7. The van der Waals surface area contributed by atoms with Crippen molar-refractivity contribution in [1.29, 1.82) is 0 Å². The lowest BCUT2D eigenvalue weighted by Crippen LogP contribution is -2.12. The standard InChI is InChI=1S/C61H44N3O6P3/c1-62(71-65-52-26-14-12-24-50(52)51-25-13-15-27-53(51)66-71)43-36-44(63(2)72-67-54-32-28-39-16-4-8-20-46(39)58(54)59-47-21-9-5-17-40(47)29-33-55(59)68-72)38-45(37-43)64(3)73-69-56-34-30-41-18-6-10-22-48(41)60(56)61-49-23-11-7-19-42(49)31-35-57(61)70-73/h4-38H,1-3H3. The maximum Gasteiger partial charge on any atom is 0.341 e. The van der Waals surface area contributed by atoms with Gasteiger partial charge in [0.25, 0.3) is 0 Å². The van der Waals surface area contributed by atoms with E-state index in [4.69, 9.17) is 25.2 Å². The van der Waals surface area contributed by atoms with Crippen LogP contribution in [-0.4, -0.2) is 21.1 Å². The molecule has 354 valence electrons. The van der Waals surface area contributed by atoms with Gasteiger partial charge in [-0.1, -0.05) is 158 Å². The molecule has 0 radical (unpaired) electrons. The lowest BCUT2D eigenvalue weighted by molar-refractivity contribution is 0.637. The van der Waals surface area contributed by atoms with Crippen molar-refractivity contribution in [2.24, 2.45) is 0 Å². The Bertz CT molecular complexity index is 4200. The summed E-state index contributed by atoms with van der Waals surface area (Å²) >= 11 is 0. The molecule has 0 atom stereocenters. The van der Waals surface area contributed by atoms with E-state index in [1.54, 1.807) is 0 Å². The number of fused-ring (bicyclic) bond motifs is 17. The molecule has 0 aliphatic rings. The van der Waals surface area contributed by atoms with Crippen LogP contribution in [0.15, 0.2) is 238 Å². The average molecular weight is 1010 g/mol. The van der Waals surface area contributed by atoms with E-state index in [1.807, 2.05) is 57.5 Å². The number of anilines is 3. The molecule has 3 heterocycles. The fourth-order valence-corrected chi connectivity index (χ4v) is 13.9. The summed E-state index contributed by atoms with van der Waals surface area (Å²) in [7, 11) is 0.724. The highest BCUT2D eigenvalue weighted by Crippen LogP contribution is 2.50. The molecule has 0 aliphatic carbocycles. The molecule has 0 saturated heterocycles. The second-order valence-corrected chi connectivity index (χ2v) is 22.5. The minimum Gasteiger partial charge on any atom is -0.404 e. The molecule has 0 fully saturated rings. The molecule has 0 bridgehead atoms. The van der Waals surface area contributed by atoms with Crippen LogP contribution in [0, 0.1) is 0 Å². The molecule has 0 spiro atoms. The van der Waals surface area contributed by atoms with E-state index in [2.05, 4.69) is 190 Å². The van der Waals surface area contributed by atoms with Gasteiger partial charge in [-0.25, -0.2) is 0 Å². The maximum absolute atomic E-state index is 7.16. The summed E-state index contributed by atoms with van der Waals surface area (Å²) in [4.78, 5) is 0. The normalized spacial score (nSPS) is 11.8. The number of rotatable bonds is 6. The van der Waals surface area contributed by atoms with E-state index in [1.165, 1.54) is 0 Å². The van der Waals surface area contributed by atoms with Gasteiger partial charge in [0, 0.05) is 53.5 Å². The fraction of sp³-hybridized carbons (Fsp3) is 0.0492. The second kappa shape index (κ2) is 17.4. The van der Waals surface area contributed by atoms with E-state index in [9.17, 15) is 0 Å². The Balaban J connectivity index is 1.01. The Labute approximate surface area is 421 Å². The van der Waals surface area contributed by atoms with Crippen molar-refractivity contribution in [1.82, 2.24) is 0 Å². The zero-order valence-corrected chi connectivity index (χ0v) is 42.5. The zero-order valence-electron chi connectivity index (χ0n) is 39.8. The highest BCUT2D eigenvalue weighted by atomic mass is 31.1. The van der Waals surface area contributed by atoms with Crippen molar-refractivity contribution in [3.63, 3.8) is 0 Å². The number of hydrogen-bond acceptors (Lipinski definition) is 9. The number of nitrogens with zero attached hydrogens (tertiary/aromatic N) is 3. The first kappa shape index (κ1) is 43.4. The van der Waals surface area contributed by atoms with Crippen LogP contribution in [0.1, 0.15) is 0 Å². The van der Waals surface area contributed by atoms with Crippen molar-refractivity contribution in [3.8, 4) is 0 Å². The van der Waals surface area contributed by atoms with Crippen LogP contribution in [0.5, 0.6) is 0 Å². The lowest BCUT2D eigenvalue weighted by Gasteiger charge is -2.24. The summed E-state index contributed by atoms with van der Waals surface area (Å²) in [6.45, 7) is 0. The molecule has 0 N–H and O–H groups in total. The Morgan fingerprint density at radius 1 is 0.247 bits per heavy atom.